The maximum Gasteiger partial charge on any atom is 0.246 e. The first-order chi connectivity index (χ1) is 14.8. The molecule has 1 aliphatic rings. The van der Waals surface area contributed by atoms with Crippen LogP contribution in [0, 0.1) is 0 Å². The summed E-state index contributed by atoms with van der Waals surface area (Å²) < 4.78 is 23.7. The topological polar surface area (TPSA) is 86.8 Å². The van der Waals surface area contributed by atoms with Gasteiger partial charge >= 0.3 is 0 Å². The van der Waals surface area contributed by atoms with Crippen LogP contribution in [0.1, 0.15) is 31.0 Å². The highest BCUT2D eigenvalue weighted by Gasteiger charge is 2.32. The van der Waals surface area contributed by atoms with Gasteiger partial charge < -0.3 is 10.2 Å². The standard InChI is InChI=1S/C23H29N3O4S/c1-3-25(18(2)27)17-19-8-7-11-21(16-19)24-23(28)22(20-9-5-4-6-10-20)26-12-14-31(29,30)15-13-26/h4-11,16,22H,3,12-15,17H2,1-2H3,(H,24,28). The molecule has 0 aromatic heterocycles. The van der Waals surface area contributed by atoms with Crippen molar-refractivity contribution in [2.75, 3.05) is 36.5 Å². The second-order valence-electron chi connectivity index (χ2n) is 7.72. The number of amides is 2. The van der Waals surface area contributed by atoms with E-state index in [1.807, 2.05) is 66.4 Å². The average Bonchev–Trinajstić information content (AvgIpc) is 2.74. The fourth-order valence-corrected chi connectivity index (χ4v) is 5.00. The molecule has 0 radical (unpaired) electrons. The van der Waals surface area contributed by atoms with Crippen molar-refractivity contribution in [1.82, 2.24) is 9.80 Å². The van der Waals surface area contributed by atoms with Crippen LogP contribution in [-0.4, -0.2) is 61.2 Å². The van der Waals surface area contributed by atoms with Gasteiger partial charge in [0, 0.05) is 38.8 Å². The molecule has 8 heteroatoms. The molecule has 3 rings (SSSR count). The predicted octanol–water partition coefficient (Wildman–Crippen LogP) is 2.47. The molecular weight excluding hydrogens is 414 g/mol. The van der Waals surface area contributed by atoms with Gasteiger partial charge in [-0.1, -0.05) is 42.5 Å². The van der Waals surface area contributed by atoms with Crippen LogP contribution < -0.4 is 5.32 Å². The summed E-state index contributed by atoms with van der Waals surface area (Å²) in [6.07, 6.45) is 0. The summed E-state index contributed by atoms with van der Waals surface area (Å²) in [5.74, 6) is -0.101. The van der Waals surface area contributed by atoms with Crippen LogP contribution in [-0.2, 0) is 26.0 Å². The number of benzene rings is 2. The Labute approximate surface area is 184 Å². The van der Waals surface area contributed by atoms with E-state index in [2.05, 4.69) is 5.32 Å². The molecule has 2 aromatic carbocycles. The van der Waals surface area contributed by atoms with Crippen molar-refractivity contribution in [3.63, 3.8) is 0 Å². The van der Waals surface area contributed by atoms with E-state index in [4.69, 9.17) is 0 Å². The number of nitrogens with zero attached hydrogens (tertiary/aromatic N) is 2. The van der Waals surface area contributed by atoms with E-state index in [1.165, 1.54) is 0 Å². The Morgan fingerprint density at radius 1 is 1.06 bits per heavy atom. The number of hydrogen-bond donors (Lipinski definition) is 1. The van der Waals surface area contributed by atoms with Crippen LogP contribution in [0.4, 0.5) is 5.69 Å². The smallest absolute Gasteiger partial charge is 0.246 e. The van der Waals surface area contributed by atoms with E-state index in [0.29, 0.717) is 31.9 Å². The monoisotopic (exact) mass is 443 g/mol. The Morgan fingerprint density at radius 3 is 2.35 bits per heavy atom. The Bertz CT molecular complexity index is 1010. The molecule has 0 saturated carbocycles. The molecule has 31 heavy (non-hydrogen) atoms. The van der Waals surface area contributed by atoms with Crippen LogP contribution in [0.2, 0.25) is 0 Å². The van der Waals surface area contributed by atoms with Crippen molar-refractivity contribution in [3.8, 4) is 0 Å². The van der Waals surface area contributed by atoms with Gasteiger partial charge in [-0.2, -0.15) is 0 Å². The Morgan fingerprint density at radius 2 is 1.74 bits per heavy atom. The molecule has 1 fully saturated rings. The first-order valence-corrected chi connectivity index (χ1v) is 12.3. The van der Waals surface area contributed by atoms with Gasteiger partial charge in [0.15, 0.2) is 9.84 Å². The molecule has 0 aliphatic carbocycles. The molecule has 0 spiro atoms. The van der Waals surface area contributed by atoms with E-state index in [9.17, 15) is 18.0 Å². The lowest BCUT2D eigenvalue weighted by atomic mass is 10.0. The number of carbonyl (C=O) groups excluding carboxylic acids is 2. The second kappa shape index (κ2) is 10.1. The van der Waals surface area contributed by atoms with Crippen molar-refractivity contribution < 1.29 is 18.0 Å². The first kappa shape index (κ1) is 23.0. The van der Waals surface area contributed by atoms with Crippen LogP contribution in [0.5, 0.6) is 0 Å². The number of sulfone groups is 1. The summed E-state index contributed by atoms with van der Waals surface area (Å²) in [6.45, 7) is 5.19. The summed E-state index contributed by atoms with van der Waals surface area (Å²) in [5.41, 5.74) is 2.40. The Hall–Kier alpha value is -2.71. The SMILES string of the molecule is CCN(Cc1cccc(NC(=O)C(c2ccccc2)N2CCS(=O)(=O)CC2)c1)C(C)=O. The number of anilines is 1. The Balaban J connectivity index is 1.79. The average molecular weight is 444 g/mol. The molecule has 166 valence electrons. The number of nitrogens with one attached hydrogen (secondary N) is 1. The van der Waals surface area contributed by atoms with Gasteiger partial charge in [-0.25, -0.2) is 8.42 Å². The molecule has 1 N–H and O–H groups in total. The second-order valence-corrected chi connectivity index (χ2v) is 10.0. The van der Waals surface area contributed by atoms with Crippen molar-refractivity contribution in [2.45, 2.75) is 26.4 Å². The quantitative estimate of drug-likeness (QED) is 0.710. The normalized spacial score (nSPS) is 17.0. The minimum Gasteiger partial charge on any atom is -0.339 e. The third-order valence-corrected chi connectivity index (χ3v) is 7.11. The minimum absolute atomic E-state index is 0.00105. The predicted molar refractivity (Wildman–Crippen MR) is 121 cm³/mol. The number of carbonyl (C=O) groups is 2. The van der Waals surface area contributed by atoms with E-state index >= 15 is 0 Å². The van der Waals surface area contributed by atoms with Gasteiger partial charge in [-0.15, -0.1) is 0 Å². The van der Waals surface area contributed by atoms with Gasteiger partial charge in [0.25, 0.3) is 0 Å². The van der Waals surface area contributed by atoms with Crippen molar-refractivity contribution in [3.05, 3.63) is 65.7 Å². The maximum absolute atomic E-state index is 13.3. The summed E-state index contributed by atoms with van der Waals surface area (Å²) in [4.78, 5) is 28.7. The summed E-state index contributed by atoms with van der Waals surface area (Å²) in [7, 11) is -3.05. The third-order valence-electron chi connectivity index (χ3n) is 5.50. The molecule has 1 aliphatic heterocycles. The van der Waals surface area contributed by atoms with Crippen LogP contribution in [0.15, 0.2) is 54.6 Å². The molecular formula is C23H29N3O4S. The first-order valence-electron chi connectivity index (χ1n) is 10.4. The lowest BCUT2D eigenvalue weighted by molar-refractivity contribution is -0.129. The largest absolute Gasteiger partial charge is 0.339 e. The van der Waals surface area contributed by atoms with Crippen molar-refractivity contribution >= 4 is 27.3 Å². The highest BCUT2D eigenvalue weighted by atomic mass is 32.2. The van der Waals surface area contributed by atoms with Gasteiger partial charge in [-0.3, -0.25) is 14.5 Å². The van der Waals surface area contributed by atoms with Gasteiger partial charge in [-0.05, 0) is 30.2 Å². The van der Waals surface area contributed by atoms with Gasteiger partial charge in [0.1, 0.15) is 6.04 Å². The maximum atomic E-state index is 13.3. The molecule has 1 atom stereocenters. The summed E-state index contributed by atoms with van der Waals surface area (Å²) >= 11 is 0. The zero-order chi connectivity index (χ0) is 22.4. The lowest BCUT2D eigenvalue weighted by Crippen LogP contribution is -2.46. The Kier molecular flexibility index (Phi) is 7.46. The van der Waals surface area contributed by atoms with E-state index < -0.39 is 15.9 Å². The fourth-order valence-electron chi connectivity index (χ4n) is 3.77. The third kappa shape index (κ3) is 6.15. The van der Waals surface area contributed by atoms with Crippen LogP contribution in [0.25, 0.3) is 0 Å². The molecule has 7 nitrogen and oxygen atoms in total. The van der Waals surface area contributed by atoms with Gasteiger partial charge in [0.2, 0.25) is 11.8 Å². The molecule has 2 amide bonds. The van der Waals surface area contributed by atoms with Crippen LogP contribution in [0.3, 0.4) is 0 Å². The number of hydrogen-bond acceptors (Lipinski definition) is 5. The van der Waals surface area contributed by atoms with Crippen molar-refractivity contribution in [1.29, 1.82) is 0 Å². The van der Waals surface area contributed by atoms with E-state index in [0.717, 1.165) is 11.1 Å². The molecule has 0 bridgehead atoms. The fraction of sp³-hybridized carbons (Fsp3) is 0.391. The summed E-state index contributed by atoms with van der Waals surface area (Å²) in [6, 6.07) is 16.3. The van der Waals surface area contributed by atoms with Gasteiger partial charge in [0.05, 0.1) is 11.5 Å². The highest BCUT2D eigenvalue weighted by Crippen LogP contribution is 2.25. The molecule has 1 saturated heterocycles. The van der Waals surface area contributed by atoms with E-state index in [-0.39, 0.29) is 23.3 Å². The highest BCUT2D eigenvalue weighted by molar-refractivity contribution is 7.91. The van der Waals surface area contributed by atoms with Crippen molar-refractivity contribution in [2.24, 2.45) is 0 Å². The zero-order valence-electron chi connectivity index (χ0n) is 18.0. The lowest BCUT2D eigenvalue weighted by Gasteiger charge is -2.33. The molecule has 2 aromatic rings. The molecule has 1 unspecified atom stereocenters. The summed E-state index contributed by atoms with van der Waals surface area (Å²) in [5, 5.41) is 2.99. The van der Waals surface area contributed by atoms with E-state index in [1.54, 1.807) is 11.8 Å². The number of rotatable bonds is 7. The zero-order valence-corrected chi connectivity index (χ0v) is 18.8. The molecule has 1 heterocycles. The van der Waals surface area contributed by atoms with Crippen LogP contribution >= 0.6 is 0 Å². The minimum atomic E-state index is -3.05.